The maximum Gasteiger partial charge on any atom is 0.258 e. The van der Waals surface area contributed by atoms with E-state index >= 15 is 0 Å². The molecule has 1 aromatic heterocycles. The Bertz CT molecular complexity index is 1180. The Kier molecular flexibility index (Phi) is 4.50. The molecule has 3 heterocycles. The largest absolute Gasteiger partial charge is 0.496 e. The average Bonchev–Trinajstić information content (AvgIpc) is 3.33. The summed E-state index contributed by atoms with van der Waals surface area (Å²) >= 11 is 0. The molecule has 6 heteroatoms. The number of methoxy groups -OCH3 is 1. The van der Waals surface area contributed by atoms with Crippen LogP contribution in [-0.4, -0.2) is 35.4 Å². The number of pyridine rings is 1. The molecular formula is C25H23N3O3. The summed E-state index contributed by atoms with van der Waals surface area (Å²) in [5.74, 6) is 0.306. The predicted molar refractivity (Wildman–Crippen MR) is 117 cm³/mol. The highest BCUT2D eigenvalue weighted by Crippen LogP contribution is 2.55. The number of anilines is 1. The highest BCUT2D eigenvalue weighted by atomic mass is 16.5. The summed E-state index contributed by atoms with van der Waals surface area (Å²) in [5, 5.41) is 3.04. The van der Waals surface area contributed by atoms with Gasteiger partial charge in [-0.1, -0.05) is 30.3 Å². The van der Waals surface area contributed by atoms with Crippen molar-refractivity contribution < 1.29 is 14.3 Å². The van der Waals surface area contributed by atoms with Crippen molar-refractivity contribution in [3.63, 3.8) is 0 Å². The topological polar surface area (TPSA) is 71.5 Å². The smallest absolute Gasteiger partial charge is 0.258 e. The van der Waals surface area contributed by atoms with Crippen LogP contribution in [0.2, 0.25) is 0 Å². The molecule has 2 amide bonds. The number of aromatic nitrogens is 1. The molecule has 0 bridgehead atoms. The summed E-state index contributed by atoms with van der Waals surface area (Å²) in [6, 6.07) is 16.6. The van der Waals surface area contributed by atoms with E-state index in [1.807, 2.05) is 55.5 Å². The second kappa shape index (κ2) is 7.23. The van der Waals surface area contributed by atoms with Crippen molar-refractivity contribution in [1.82, 2.24) is 9.88 Å². The van der Waals surface area contributed by atoms with E-state index in [-0.39, 0.29) is 11.8 Å². The van der Waals surface area contributed by atoms with Crippen molar-refractivity contribution in [1.29, 1.82) is 0 Å². The van der Waals surface area contributed by atoms with Gasteiger partial charge in [-0.15, -0.1) is 0 Å². The molecule has 0 radical (unpaired) electrons. The third kappa shape index (κ3) is 2.82. The van der Waals surface area contributed by atoms with Gasteiger partial charge in [-0.05, 0) is 54.3 Å². The number of hydrogen-bond donors (Lipinski definition) is 1. The Hall–Kier alpha value is -3.67. The Labute approximate surface area is 180 Å². The third-order valence-corrected chi connectivity index (χ3v) is 6.44. The van der Waals surface area contributed by atoms with Gasteiger partial charge in [0, 0.05) is 24.6 Å². The molecule has 156 valence electrons. The van der Waals surface area contributed by atoms with Gasteiger partial charge >= 0.3 is 0 Å². The van der Waals surface area contributed by atoms with E-state index in [1.54, 1.807) is 30.5 Å². The van der Waals surface area contributed by atoms with Crippen LogP contribution in [0.15, 0.2) is 67.0 Å². The monoisotopic (exact) mass is 413 g/mol. The van der Waals surface area contributed by atoms with Crippen molar-refractivity contribution in [2.45, 2.75) is 24.8 Å². The molecule has 2 aromatic carbocycles. The highest BCUT2D eigenvalue weighted by molar-refractivity contribution is 6.08. The first-order valence-electron chi connectivity index (χ1n) is 10.3. The number of rotatable bonds is 3. The molecular weight excluding hydrogens is 390 g/mol. The van der Waals surface area contributed by atoms with Crippen LogP contribution >= 0.6 is 0 Å². The maximum absolute atomic E-state index is 13.8. The lowest BCUT2D eigenvalue weighted by atomic mass is 9.73. The Balaban J connectivity index is 1.66. The molecule has 0 aliphatic carbocycles. The molecule has 31 heavy (non-hydrogen) atoms. The summed E-state index contributed by atoms with van der Waals surface area (Å²) in [4.78, 5) is 33.3. The lowest BCUT2D eigenvalue weighted by Gasteiger charge is -2.34. The van der Waals surface area contributed by atoms with Crippen LogP contribution in [0.3, 0.4) is 0 Å². The first-order chi connectivity index (χ1) is 15.1. The zero-order valence-electron chi connectivity index (χ0n) is 17.5. The number of fused-ring (bicyclic) bond motifs is 2. The Morgan fingerprint density at radius 3 is 2.81 bits per heavy atom. The van der Waals surface area contributed by atoms with Gasteiger partial charge in [0.15, 0.2) is 0 Å². The van der Waals surface area contributed by atoms with Gasteiger partial charge < -0.3 is 15.0 Å². The number of para-hydroxylation sites is 1. The van der Waals surface area contributed by atoms with Gasteiger partial charge in [-0.2, -0.15) is 0 Å². The van der Waals surface area contributed by atoms with Gasteiger partial charge in [0.05, 0.1) is 18.7 Å². The summed E-state index contributed by atoms with van der Waals surface area (Å²) in [7, 11) is 1.57. The second-order valence-corrected chi connectivity index (χ2v) is 8.11. The van der Waals surface area contributed by atoms with Gasteiger partial charge in [0.2, 0.25) is 5.91 Å². The molecule has 0 saturated carbocycles. The minimum atomic E-state index is -0.854. The zero-order valence-corrected chi connectivity index (χ0v) is 17.5. The molecule has 6 nitrogen and oxygen atoms in total. The van der Waals surface area contributed by atoms with Crippen LogP contribution in [0.1, 0.15) is 39.5 Å². The number of nitrogens with one attached hydrogen (secondary N) is 1. The van der Waals surface area contributed by atoms with Crippen LogP contribution in [0.25, 0.3) is 0 Å². The van der Waals surface area contributed by atoms with E-state index in [0.717, 1.165) is 22.4 Å². The fraction of sp³-hybridized carbons (Fsp3) is 0.240. The van der Waals surface area contributed by atoms with Gasteiger partial charge in [-0.25, -0.2) is 0 Å². The second-order valence-electron chi connectivity index (χ2n) is 8.11. The fourth-order valence-electron chi connectivity index (χ4n) is 5.04. The van der Waals surface area contributed by atoms with E-state index in [4.69, 9.17) is 4.74 Å². The number of hydrogen-bond acceptors (Lipinski definition) is 4. The van der Waals surface area contributed by atoms with Gasteiger partial charge in [0.1, 0.15) is 11.2 Å². The molecule has 2 aliphatic heterocycles. The van der Waals surface area contributed by atoms with Gasteiger partial charge in [-0.3, -0.25) is 14.6 Å². The average molecular weight is 413 g/mol. The van der Waals surface area contributed by atoms with Crippen LogP contribution in [-0.2, 0) is 10.2 Å². The number of amides is 2. The first-order valence-corrected chi connectivity index (χ1v) is 10.3. The van der Waals surface area contributed by atoms with Crippen molar-refractivity contribution in [2.24, 2.45) is 0 Å². The standard InChI is InChI=1S/C25H23N3O3/c1-16-9-10-18(21(14-16)31-2)23(29)28-13-11-25(22(28)17-6-5-12-26-15-17)19-7-3-4-8-20(19)27-24(25)30/h3-10,12,14-15,22H,11,13H2,1-2H3,(H,27,30). The van der Waals surface area contributed by atoms with E-state index < -0.39 is 11.5 Å². The van der Waals surface area contributed by atoms with E-state index in [1.165, 1.54) is 0 Å². The summed E-state index contributed by atoms with van der Waals surface area (Å²) in [5.41, 5.74) is 3.23. The van der Waals surface area contributed by atoms with Crippen molar-refractivity contribution in [2.75, 3.05) is 19.0 Å². The quantitative estimate of drug-likeness (QED) is 0.708. The Morgan fingerprint density at radius 2 is 2.03 bits per heavy atom. The first kappa shape index (κ1) is 19.3. The number of likely N-dealkylation sites (tertiary alicyclic amines) is 1. The van der Waals surface area contributed by atoms with Crippen LogP contribution in [0, 0.1) is 6.92 Å². The predicted octanol–water partition coefficient (Wildman–Crippen LogP) is 3.88. The molecule has 1 spiro atoms. The molecule has 2 unspecified atom stereocenters. The number of ether oxygens (including phenoxy) is 1. The highest BCUT2D eigenvalue weighted by Gasteiger charge is 2.59. The van der Waals surface area contributed by atoms with E-state index in [0.29, 0.717) is 24.3 Å². The van der Waals surface area contributed by atoms with Gasteiger partial charge in [0.25, 0.3) is 5.91 Å². The minimum Gasteiger partial charge on any atom is -0.496 e. The van der Waals surface area contributed by atoms with Crippen LogP contribution < -0.4 is 10.1 Å². The lowest BCUT2D eigenvalue weighted by Crippen LogP contribution is -2.42. The zero-order chi connectivity index (χ0) is 21.6. The van der Waals surface area contributed by atoms with Crippen molar-refractivity contribution in [3.8, 4) is 5.75 Å². The third-order valence-electron chi connectivity index (χ3n) is 6.44. The molecule has 5 rings (SSSR count). The van der Waals surface area contributed by atoms with E-state index in [9.17, 15) is 9.59 Å². The van der Waals surface area contributed by atoms with Crippen molar-refractivity contribution in [3.05, 3.63) is 89.2 Å². The number of aryl methyl sites for hydroxylation is 1. The summed E-state index contributed by atoms with van der Waals surface area (Å²) in [6.07, 6.45) is 3.98. The van der Waals surface area contributed by atoms with Crippen LogP contribution in [0.5, 0.6) is 5.75 Å². The molecule has 1 saturated heterocycles. The summed E-state index contributed by atoms with van der Waals surface area (Å²) < 4.78 is 5.50. The summed E-state index contributed by atoms with van der Waals surface area (Å²) in [6.45, 7) is 2.41. The SMILES string of the molecule is COc1cc(C)ccc1C(=O)N1CCC2(C(=O)Nc3ccccc32)C1c1cccnc1. The van der Waals surface area contributed by atoms with E-state index in [2.05, 4.69) is 10.3 Å². The minimum absolute atomic E-state index is 0.0753. The fourth-order valence-corrected chi connectivity index (χ4v) is 5.04. The molecule has 2 aliphatic rings. The number of carbonyl (C=O) groups is 2. The normalized spacial score (nSPS) is 21.8. The number of carbonyl (C=O) groups excluding carboxylic acids is 2. The Morgan fingerprint density at radius 1 is 1.19 bits per heavy atom. The van der Waals surface area contributed by atoms with Crippen LogP contribution in [0.4, 0.5) is 5.69 Å². The molecule has 1 fully saturated rings. The molecule has 3 aromatic rings. The maximum atomic E-state index is 13.8. The number of nitrogens with zero attached hydrogens (tertiary/aromatic N) is 2. The molecule has 1 N–H and O–H groups in total. The lowest BCUT2D eigenvalue weighted by molar-refractivity contribution is -0.121. The molecule has 2 atom stereocenters. The van der Waals surface area contributed by atoms with Crippen molar-refractivity contribution >= 4 is 17.5 Å². The number of benzene rings is 2.